The van der Waals surface area contributed by atoms with Crippen molar-refractivity contribution < 1.29 is 9.59 Å². The molecule has 3 heterocycles. The maximum Gasteiger partial charge on any atom is 0.222 e. The number of ketones is 1. The van der Waals surface area contributed by atoms with Crippen LogP contribution < -0.4 is 0 Å². The number of H-pyrrole nitrogens is 1. The molecule has 2 aromatic heterocycles. The molecule has 4 rings (SSSR count). The summed E-state index contributed by atoms with van der Waals surface area (Å²) < 4.78 is 1.76. The number of hydrogen-bond donors (Lipinski definition) is 1. The summed E-state index contributed by atoms with van der Waals surface area (Å²) >= 11 is 0. The van der Waals surface area contributed by atoms with E-state index in [0.29, 0.717) is 37.9 Å². The summed E-state index contributed by atoms with van der Waals surface area (Å²) in [6, 6.07) is 9.22. The van der Waals surface area contributed by atoms with Gasteiger partial charge in [0.2, 0.25) is 5.91 Å². The molecule has 0 aliphatic carbocycles. The van der Waals surface area contributed by atoms with Gasteiger partial charge >= 0.3 is 0 Å². The van der Waals surface area contributed by atoms with Crippen molar-refractivity contribution in [1.82, 2.24) is 24.6 Å². The number of rotatable bonds is 6. The lowest BCUT2D eigenvalue weighted by molar-refractivity contribution is -0.132. The zero-order chi connectivity index (χ0) is 19.5. The third kappa shape index (κ3) is 3.74. The van der Waals surface area contributed by atoms with Crippen LogP contribution in [0.1, 0.15) is 52.5 Å². The summed E-state index contributed by atoms with van der Waals surface area (Å²) in [5, 5.41) is 4.25. The first kappa shape index (κ1) is 18.2. The molecule has 7 nitrogen and oxygen atoms in total. The SMILES string of the molecule is Cn1cc(C2CN(C(=O)CCCC(=O)c3ccccc3)Cc3[nH]cnc32)cn1. The third-order valence-electron chi connectivity index (χ3n) is 5.20. The van der Waals surface area contributed by atoms with Crippen molar-refractivity contribution in [2.75, 3.05) is 6.54 Å². The molecule has 0 bridgehead atoms. The van der Waals surface area contributed by atoms with Gasteiger partial charge in [0.05, 0.1) is 30.5 Å². The van der Waals surface area contributed by atoms with E-state index in [0.717, 1.165) is 17.0 Å². The molecule has 7 heteroatoms. The molecule has 0 saturated heterocycles. The fourth-order valence-corrected chi connectivity index (χ4v) is 3.72. The fraction of sp³-hybridized carbons (Fsp3) is 0.333. The number of aromatic nitrogens is 4. The first-order valence-electron chi connectivity index (χ1n) is 9.48. The van der Waals surface area contributed by atoms with Gasteiger partial charge < -0.3 is 9.88 Å². The van der Waals surface area contributed by atoms with Crippen LogP contribution in [-0.4, -0.2) is 42.9 Å². The number of carbonyl (C=O) groups excluding carboxylic acids is 2. The minimum Gasteiger partial charge on any atom is -0.347 e. The molecule has 3 aromatic rings. The summed E-state index contributed by atoms with van der Waals surface area (Å²) in [5.74, 6) is 0.157. The number of nitrogens with one attached hydrogen (secondary N) is 1. The lowest BCUT2D eigenvalue weighted by atomic mass is 9.93. The Morgan fingerprint density at radius 3 is 2.79 bits per heavy atom. The Morgan fingerprint density at radius 2 is 2.04 bits per heavy atom. The molecule has 1 aromatic carbocycles. The van der Waals surface area contributed by atoms with Gasteiger partial charge in [-0.05, 0) is 6.42 Å². The van der Waals surface area contributed by atoms with E-state index >= 15 is 0 Å². The number of hydrogen-bond acceptors (Lipinski definition) is 4. The van der Waals surface area contributed by atoms with Gasteiger partial charge in [-0.2, -0.15) is 5.10 Å². The third-order valence-corrected chi connectivity index (χ3v) is 5.20. The van der Waals surface area contributed by atoms with Crippen LogP contribution >= 0.6 is 0 Å². The Balaban J connectivity index is 1.39. The Hall–Kier alpha value is -3.22. The zero-order valence-electron chi connectivity index (χ0n) is 15.8. The highest BCUT2D eigenvalue weighted by atomic mass is 16.2. The van der Waals surface area contributed by atoms with Crippen molar-refractivity contribution >= 4 is 11.7 Å². The molecule has 0 radical (unpaired) electrons. The van der Waals surface area contributed by atoms with Crippen LogP contribution in [0.5, 0.6) is 0 Å². The quantitative estimate of drug-likeness (QED) is 0.670. The van der Waals surface area contributed by atoms with Gasteiger partial charge in [-0.15, -0.1) is 0 Å². The predicted molar refractivity (Wildman–Crippen MR) is 104 cm³/mol. The number of fused-ring (bicyclic) bond motifs is 1. The van der Waals surface area contributed by atoms with E-state index in [1.165, 1.54) is 0 Å². The molecule has 1 aliphatic rings. The number of amides is 1. The first-order chi connectivity index (χ1) is 13.6. The lowest BCUT2D eigenvalue weighted by Crippen LogP contribution is -2.38. The summed E-state index contributed by atoms with van der Waals surface area (Å²) in [6.45, 7) is 1.10. The van der Waals surface area contributed by atoms with Crippen LogP contribution in [-0.2, 0) is 18.4 Å². The highest BCUT2D eigenvalue weighted by Gasteiger charge is 2.31. The van der Waals surface area contributed by atoms with Crippen molar-refractivity contribution in [2.24, 2.45) is 7.05 Å². The van der Waals surface area contributed by atoms with E-state index in [4.69, 9.17) is 0 Å². The molecule has 28 heavy (non-hydrogen) atoms. The van der Waals surface area contributed by atoms with Crippen LogP contribution in [0.4, 0.5) is 0 Å². The smallest absolute Gasteiger partial charge is 0.222 e. The number of nitrogens with zero attached hydrogens (tertiary/aromatic N) is 4. The van der Waals surface area contributed by atoms with Crippen LogP contribution in [0.3, 0.4) is 0 Å². The van der Waals surface area contributed by atoms with Gasteiger partial charge in [0.1, 0.15) is 0 Å². The maximum atomic E-state index is 12.8. The second-order valence-electron chi connectivity index (χ2n) is 7.18. The molecule has 0 spiro atoms. The predicted octanol–water partition coefficient (Wildman–Crippen LogP) is 2.67. The van der Waals surface area contributed by atoms with Crippen molar-refractivity contribution in [3.05, 3.63) is 71.6 Å². The van der Waals surface area contributed by atoms with Gasteiger partial charge in [-0.3, -0.25) is 14.3 Å². The molecule has 0 saturated carbocycles. The van der Waals surface area contributed by atoms with Gasteiger partial charge in [0.15, 0.2) is 5.78 Å². The Labute approximate surface area is 163 Å². The van der Waals surface area contributed by atoms with E-state index in [2.05, 4.69) is 15.1 Å². The van der Waals surface area contributed by atoms with Crippen molar-refractivity contribution in [1.29, 1.82) is 0 Å². The Bertz CT molecular complexity index is 976. The van der Waals surface area contributed by atoms with E-state index in [1.807, 2.05) is 54.7 Å². The molecular weight excluding hydrogens is 354 g/mol. The van der Waals surface area contributed by atoms with Gasteiger partial charge in [0.25, 0.3) is 0 Å². The number of Topliss-reactive ketones (excluding diaryl/α,β-unsaturated/α-hetero) is 1. The van der Waals surface area contributed by atoms with Crippen molar-refractivity contribution in [2.45, 2.75) is 31.7 Å². The average molecular weight is 377 g/mol. The highest BCUT2D eigenvalue weighted by Crippen LogP contribution is 2.31. The van der Waals surface area contributed by atoms with Gasteiger partial charge in [-0.25, -0.2) is 4.98 Å². The van der Waals surface area contributed by atoms with E-state index in [9.17, 15) is 9.59 Å². The van der Waals surface area contributed by atoms with Crippen molar-refractivity contribution in [3.63, 3.8) is 0 Å². The Kier molecular flexibility index (Phi) is 5.06. The number of benzene rings is 1. The summed E-state index contributed by atoms with van der Waals surface area (Å²) in [5.41, 5.74) is 3.70. The fourth-order valence-electron chi connectivity index (χ4n) is 3.72. The maximum absolute atomic E-state index is 12.8. The summed E-state index contributed by atoms with van der Waals surface area (Å²) in [7, 11) is 1.88. The molecule has 1 N–H and O–H groups in total. The summed E-state index contributed by atoms with van der Waals surface area (Å²) in [6.07, 6.45) is 6.77. The normalized spacial score (nSPS) is 16.0. The lowest BCUT2D eigenvalue weighted by Gasteiger charge is -2.31. The molecule has 1 atom stereocenters. The van der Waals surface area contributed by atoms with E-state index in [-0.39, 0.29) is 17.6 Å². The number of imidazole rings is 1. The second-order valence-corrected chi connectivity index (χ2v) is 7.18. The standard InChI is InChI=1S/C21H23N5O2/c1-25-11-16(10-24-25)17-12-26(13-18-21(17)23-14-22-18)20(28)9-5-8-19(27)15-6-3-2-4-7-15/h2-4,6-7,10-11,14,17H,5,8-9,12-13H2,1H3,(H,22,23). The van der Waals surface area contributed by atoms with Crippen LogP contribution in [0, 0.1) is 0 Å². The summed E-state index contributed by atoms with van der Waals surface area (Å²) in [4.78, 5) is 34.5. The number of aromatic amines is 1. The van der Waals surface area contributed by atoms with Gasteiger partial charge in [-0.1, -0.05) is 30.3 Å². The minimum atomic E-state index is 0.0126. The average Bonchev–Trinajstić information content (AvgIpc) is 3.36. The van der Waals surface area contributed by atoms with Crippen LogP contribution in [0.2, 0.25) is 0 Å². The van der Waals surface area contributed by atoms with Crippen molar-refractivity contribution in [3.8, 4) is 0 Å². The first-order valence-corrected chi connectivity index (χ1v) is 9.48. The van der Waals surface area contributed by atoms with E-state index in [1.54, 1.807) is 11.0 Å². The molecular formula is C21H23N5O2. The highest BCUT2D eigenvalue weighted by molar-refractivity contribution is 5.96. The molecule has 1 aliphatic heterocycles. The van der Waals surface area contributed by atoms with Gasteiger partial charge in [0, 0.05) is 49.7 Å². The largest absolute Gasteiger partial charge is 0.347 e. The van der Waals surface area contributed by atoms with E-state index < -0.39 is 0 Å². The molecule has 144 valence electrons. The topological polar surface area (TPSA) is 83.9 Å². The second kappa shape index (κ2) is 7.80. The molecule has 1 unspecified atom stereocenters. The number of aryl methyl sites for hydroxylation is 1. The zero-order valence-corrected chi connectivity index (χ0v) is 15.8. The minimum absolute atomic E-state index is 0.0126. The monoisotopic (exact) mass is 377 g/mol. The van der Waals surface area contributed by atoms with Crippen LogP contribution in [0.15, 0.2) is 49.1 Å². The van der Waals surface area contributed by atoms with Crippen LogP contribution in [0.25, 0.3) is 0 Å². The molecule has 1 amide bonds. The number of carbonyl (C=O) groups is 2. The molecule has 0 fully saturated rings. The Morgan fingerprint density at radius 1 is 1.21 bits per heavy atom.